The van der Waals surface area contributed by atoms with E-state index in [1.807, 2.05) is 7.05 Å². The molecule has 0 saturated heterocycles. The second-order valence-corrected chi connectivity index (χ2v) is 2.36. The largest absolute Gasteiger partial charge is 0.396 e. The summed E-state index contributed by atoms with van der Waals surface area (Å²) in [4.78, 5) is 0. The first-order chi connectivity index (χ1) is 4.75. The summed E-state index contributed by atoms with van der Waals surface area (Å²) in [6.45, 7) is 0.105. The third kappa shape index (κ3) is 1.25. The number of H-pyrrole nitrogens is 1. The number of aliphatic hydroxyl groups excluding tert-OH is 1. The van der Waals surface area contributed by atoms with Crippen LogP contribution < -0.4 is 0 Å². The van der Waals surface area contributed by atoms with Crippen molar-refractivity contribution in [2.45, 2.75) is 6.42 Å². The van der Waals surface area contributed by atoms with Crippen LogP contribution in [-0.2, 0) is 13.5 Å². The summed E-state index contributed by atoms with van der Waals surface area (Å²) in [6.07, 6.45) is 0.545. The monoisotopic (exact) mass is 159 g/mol. The molecule has 4 nitrogen and oxygen atoms in total. The number of hydrogen-bond donors (Lipinski definition) is 2. The van der Waals surface area contributed by atoms with E-state index in [-0.39, 0.29) is 6.61 Å². The van der Waals surface area contributed by atoms with Gasteiger partial charge in [0.15, 0.2) is 4.77 Å². The quantitative estimate of drug-likeness (QED) is 0.598. The van der Waals surface area contributed by atoms with Gasteiger partial charge in [0.25, 0.3) is 0 Å². The first-order valence-corrected chi connectivity index (χ1v) is 3.37. The van der Waals surface area contributed by atoms with Crippen LogP contribution in [0.3, 0.4) is 0 Å². The van der Waals surface area contributed by atoms with Crippen molar-refractivity contribution in [3.63, 3.8) is 0 Å². The topological polar surface area (TPSA) is 53.8 Å². The Hall–Kier alpha value is -0.680. The Bertz CT molecular complexity index is 264. The van der Waals surface area contributed by atoms with Gasteiger partial charge in [0.1, 0.15) is 5.82 Å². The Balaban J connectivity index is 2.94. The van der Waals surface area contributed by atoms with Gasteiger partial charge in [0.2, 0.25) is 0 Å². The van der Waals surface area contributed by atoms with Gasteiger partial charge in [0, 0.05) is 13.5 Å². The van der Waals surface area contributed by atoms with Crippen molar-refractivity contribution in [3.05, 3.63) is 10.6 Å². The summed E-state index contributed by atoms with van der Waals surface area (Å²) in [5.74, 6) is 0.785. The Morgan fingerprint density at radius 2 is 2.50 bits per heavy atom. The van der Waals surface area contributed by atoms with Gasteiger partial charge in [-0.2, -0.15) is 5.10 Å². The molecule has 0 amide bonds. The molecule has 5 heteroatoms. The van der Waals surface area contributed by atoms with E-state index in [2.05, 4.69) is 10.2 Å². The minimum absolute atomic E-state index is 0.105. The van der Waals surface area contributed by atoms with E-state index >= 15 is 0 Å². The average Bonchev–Trinajstić information content (AvgIpc) is 2.20. The number of hydrogen-bond acceptors (Lipinski definition) is 3. The molecule has 0 spiro atoms. The molecule has 0 saturated carbocycles. The van der Waals surface area contributed by atoms with E-state index in [0.29, 0.717) is 11.2 Å². The zero-order valence-electron chi connectivity index (χ0n) is 5.66. The Kier molecular flexibility index (Phi) is 2.18. The highest BCUT2D eigenvalue weighted by Crippen LogP contribution is 1.93. The summed E-state index contributed by atoms with van der Waals surface area (Å²) in [6, 6.07) is 0. The molecule has 0 aliphatic carbocycles. The minimum atomic E-state index is 0.105. The molecule has 56 valence electrons. The van der Waals surface area contributed by atoms with E-state index in [0.717, 1.165) is 5.82 Å². The molecule has 0 aliphatic rings. The van der Waals surface area contributed by atoms with Gasteiger partial charge < -0.3 is 9.67 Å². The van der Waals surface area contributed by atoms with Crippen molar-refractivity contribution in [2.24, 2.45) is 7.05 Å². The van der Waals surface area contributed by atoms with E-state index in [9.17, 15) is 0 Å². The van der Waals surface area contributed by atoms with Crippen molar-refractivity contribution in [1.29, 1.82) is 0 Å². The summed E-state index contributed by atoms with van der Waals surface area (Å²) in [7, 11) is 1.82. The van der Waals surface area contributed by atoms with Crippen molar-refractivity contribution < 1.29 is 5.11 Å². The summed E-state index contributed by atoms with van der Waals surface area (Å²) in [5, 5.41) is 15.1. The van der Waals surface area contributed by atoms with Gasteiger partial charge in [0.05, 0.1) is 6.61 Å². The molecule has 1 rings (SSSR count). The fraction of sp³-hybridized carbons (Fsp3) is 0.600. The zero-order chi connectivity index (χ0) is 7.56. The lowest BCUT2D eigenvalue weighted by Gasteiger charge is -1.94. The molecule has 0 aromatic carbocycles. The van der Waals surface area contributed by atoms with Crippen LogP contribution in [0.1, 0.15) is 5.82 Å². The number of aromatic amines is 1. The predicted molar refractivity (Wildman–Crippen MR) is 39.2 cm³/mol. The Labute approximate surface area is 63.5 Å². The molecule has 1 aromatic heterocycles. The van der Waals surface area contributed by atoms with E-state index in [1.165, 1.54) is 0 Å². The lowest BCUT2D eigenvalue weighted by Crippen LogP contribution is -2.00. The lowest BCUT2D eigenvalue weighted by atomic mass is 10.4. The smallest absolute Gasteiger partial charge is 0.194 e. The van der Waals surface area contributed by atoms with Crippen molar-refractivity contribution >= 4 is 12.2 Å². The first-order valence-electron chi connectivity index (χ1n) is 2.97. The maximum Gasteiger partial charge on any atom is 0.194 e. The van der Waals surface area contributed by atoms with Crippen molar-refractivity contribution in [3.8, 4) is 0 Å². The highest BCUT2D eigenvalue weighted by Gasteiger charge is 1.98. The Morgan fingerprint density at radius 3 is 2.90 bits per heavy atom. The predicted octanol–water partition coefficient (Wildman–Crippen LogP) is 0.0125. The van der Waals surface area contributed by atoms with Gasteiger partial charge in [-0.05, 0) is 12.2 Å². The van der Waals surface area contributed by atoms with Gasteiger partial charge in [-0.15, -0.1) is 0 Å². The molecule has 10 heavy (non-hydrogen) atoms. The van der Waals surface area contributed by atoms with Crippen LogP contribution >= 0.6 is 12.2 Å². The molecule has 1 heterocycles. The molecule has 0 atom stereocenters. The van der Waals surface area contributed by atoms with Gasteiger partial charge in [-0.25, -0.2) is 0 Å². The third-order valence-electron chi connectivity index (χ3n) is 1.31. The highest BCUT2D eigenvalue weighted by molar-refractivity contribution is 7.71. The molecule has 0 aliphatic heterocycles. The van der Waals surface area contributed by atoms with E-state index < -0.39 is 0 Å². The highest BCUT2D eigenvalue weighted by atomic mass is 32.1. The summed E-state index contributed by atoms with van der Waals surface area (Å²) in [5.41, 5.74) is 0. The average molecular weight is 159 g/mol. The van der Waals surface area contributed by atoms with Crippen LogP contribution in [0.2, 0.25) is 0 Å². The van der Waals surface area contributed by atoms with Gasteiger partial charge in [-0.1, -0.05) is 0 Å². The molecule has 0 bridgehead atoms. The van der Waals surface area contributed by atoms with E-state index in [4.69, 9.17) is 17.3 Å². The summed E-state index contributed by atoms with van der Waals surface area (Å²) >= 11 is 4.85. The molecular weight excluding hydrogens is 150 g/mol. The van der Waals surface area contributed by atoms with Crippen molar-refractivity contribution in [1.82, 2.24) is 14.8 Å². The van der Waals surface area contributed by atoms with Crippen LogP contribution in [0.15, 0.2) is 0 Å². The molecule has 0 fully saturated rings. The fourth-order valence-corrected chi connectivity index (χ4v) is 0.854. The number of nitrogens with one attached hydrogen (secondary N) is 1. The first kappa shape index (κ1) is 7.43. The summed E-state index contributed by atoms with van der Waals surface area (Å²) < 4.78 is 2.33. The number of aliphatic hydroxyl groups is 1. The minimum Gasteiger partial charge on any atom is -0.396 e. The molecule has 1 aromatic rings. The van der Waals surface area contributed by atoms with Crippen LogP contribution in [0, 0.1) is 4.77 Å². The number of nitrogens with zero attached hydrogens (tertiary/aromatic N) is 2. The Morgan fingerprint density at radius 1 is 1.80 bits per heavy atom. The van der Waals surface area contributed by atoms with Crippen LogP contribution in [0.5, 0.6) is 0 Å². The van der Waals surface area contributed by atoms with Gasteiger partial charge >= 0.3 is 0 Å². The van der Waals surface area contributed by atoms with Crippen LogP contribution in [0.25, 0.3) is 0 Å². The molecule has 0 unspecified atom stereocenters. The van der Waals surface area contributed by atoms with Crippen LogP contribution in [-0.4, -0.2) is 26.5 Å². The molecule has 2 N–H and O–H groups in total. The zero-order valence-corrected chi connectivity index (χ0v) is 6.48. The number of aromatic nitrogens is 3. The van der Waals surface area contributed by atoms with E-state index in [1.54, 1.807) is 4.57 Å². The van der Waals surface area contributed by atoms with Crippen molar-refractivity contribution in [2.75, 3.05) is 6.61 Å². The normalized spacial score (nSPS) is 10.2. The second-order valence-electron chi connectivity index (χ2n) is 1.98. The molecule has 0 radical (unpaired) electrons. The van der Waals surface area contributed by atoms with Gasteiger partial charge in [-0.3, -0.25) is 5.10 Å². The van der Waals surface area contributed by atoms with Crippen LogP contribution in [0.4, 0.5) is 0 Å². The third-order valence-corrected chi connectivity index (χ3v) is 1.67. The second kappa shape index (κ2) is 2.94. The maximum absolute atomic E-state index is 8.55. The SMILES string of the molecule is Cn1c(CCO)n[nH]c1=S. The standard InChI is InChI=1S/C5H9N3OS/c1-8-4(2-3-9)6-7-5(8)10/h9H,2-3H2,1H3,(H,7,10). The lowest BCUT2D eigenvalue weighted by molar-refractivity contribution is 0.295. The fourth-order valence-electron chi connectivity index (χ4n) is 0.703. The maximum atomic E-state index is 8.55. The number of rotatable bonds is 2. The molecular formula is C5H9N3OS.